The van der Waals surface area contributed by atoms with Gasteiger partial charge in [-0.25, -0.2) is 22.4 Å². The molecule has 9 nitrogen and oxygen atoms in total. The third kappa shape index (κ3) is 4.34. The van der Waals surface area contributed by atoms with Crippen LogP contribution >= 0.6 is 0 Å². The highest BCUT2D eigenvalue weighted by Crippen LogP contribution is 2.19. The summed E-state index contributed by atoms with van der Waals surface area (Å²) < 4.78 is 27.3. The van der Waals surface area contributed by atoms with Crippen LogP contribution in [0.1, 0.15) is 18.4 Å². The van der Waals surface area contributed by atoms with Gasteiger partial charge >= 0.3 is 0 Å². The Morgan fingerprint density at radius 3 is 2.68 bits per heavy atom. The van der Waals surface area contributed by atoms with E-state index in [1.165, 1.54) is 26.2 Å². The number of anilines is 1. The van der Waals surface area contributed by atoms with Crippen molar-refractivity contribution in [2.24, 2.45) is 0 Å². The van der Waals surface area contributed by atoms with Crippen LogP contribution in [0.25, 0.3) is 11.0 Å². The fourth-order valence-electron chi connectivity index (χ4n) is 2.62. The molecule has 0 saturated heterocycles. The highest BCUT2D eigenvalue weighted by atomic mass is 32.2. The average molecular weight is 402 g/mol. The Hall–Kier alpha value is -2.85. The minimum atomic E-state index is -3.52. The molecule has 28 heavy (non-hydrogen) atoms. The zero-order valence-corrected chi connectivity index (χ0v) is 16.8. The molecule has 2 heterocycles. The summed E-state index contributed by atoms with van der Waals surface area (Å²) in [5.41, 5.74) is 2.24. The molecular formula is C18H22N6O3S. The van der Waals surface area contributed by atoms with Gasteiger partial charge in [0, 0.05) is 33.3 Å². The molecule has 2 aromatic heterocycles. The first-order chi connectivity index (χ1) is 13.3. The largest absolute Gasteiger partial charge is 0.311 e. The summed E-state index contributed by atoms with van der Waals surface area (Å²) in [7, 11) is -0.563. The summed E-state index contributed by atoms with van der Waals surface area (Å²) >= 11 is 0. The number of sulfonamides is 1. The first kappa shape index (κ1) is 19.9. The van der Waals surface area contributed by atoms with E-state index in [9.17, 15) is 13.2 Å². The van der Waals surface area contributed by atoms with Gasteiger partial charge in [-0.05, 0) is 43.2 Å². The van der Waals surface area contributed by atoms with Crippen molar-refractivity contribution >= 4 is 32.8 Å². The van der Waals surface area contributed by atoms with Crippen LogP contribution in [0.3, 0.4) is 0 Å². The molecule has 1 aromatic carbocycles. The van der Waals surface area contributed by atoms with Gasteiger partial charge in [0.1, 0.15) is 11.3 Å². The molecule has 0 atom stereocenters. The van der Waals surface area contributed by atoms with E-state index >= 15 is 0 Å². The van der Waals surface area contributed by atoms with E-state index in [1.807, 2.05) is 13.0 Å². The SMILES string of the molecule is Cc1ccc(NC(=O)CCCn2nnc3cc(S(=O)(=O)N(C)C)ccc32)nc1. The van der Waals surface area contributed by atoms with Crippen molar-refractivity contribution in [3.63, 3.8) is 0 Å². The first-order valence-electron chi connectivity index (χ1n) is 8.75. The van der Waals surface area contributed by atoms with E-state index < -0.39 is 10.0 Å². The molecule has 10 heteroatoms. The Labute approximate surface area is 163 Å². The molecule has 3 aromatic rings. The molecule has 0 aliphatic heterocycles. The molecule has 0 fully saturated rings. The van der Waals surface area contributed by atoms with E-state index in [0.29, 0.717) is 30.7 Å². The number of carbonyl (C=O) groups is 1. The predicted molar refractivity (Wildman–Crippen MR) is 105 cm³/mol. The van der Waals surface area contributed by atoms with Gasteiger partial charge in [-0.2, -0.15) is 0 Å². The van der Waals surface area contributed by atoms with Gasteiger partial charge in [0.25, 0.3) is 0 Å². The summed E-state index contributed by atoms with van der Waals surface area (Å²) in [5, 5.41) is 10.9. The predicted octanol–water partition coefficient (Wildman–Crippen LogP) is 1.80. The third-order valence-corrected chi connectivity index (χ3v) is 6.03. The summed E-state index contributed by atoms with van der Waals surface area (Å²) in [4.78, 5) is 16.4. The summed E-state index contributed by atoms with van der Waals surface area (Å²) in [6.07, 6.45) is 2.57. The molecule has 148 valence electrons. The van der Waals surface area contributed by atoms with Gasteiger partial charge in [-0.1, -0.05) is 11.3 Å². The lowest BCUT2D eigenvalue weighted by Crippen LogP contribution is -2.22. The van der Waals surface area contributed by atoms with Gasteiger partial charge in [0.05, 0.1) is 10.4 Å². The maximum absolute atomic E-state index is 12.2. The number of rotatable bonds is 7. The number of aromatic nitrogens is 4. The van der Waals surface area contributed by atoms with Crippen molar-refractivity contribution in [3.05, 3.63) is 42.1 Å². The van der Waals surface area contributed by atoms with Gasteiger partial charge in [0.2, 0.25) is 15.9 Å². The third-order valence-electron chi connectivity index (χ3n) is 4.22. The second kappa shape index (κ2) is 8.03. The Balaban J connectivity index is 1.62. The van der Waals surface area contributed by atoms with Crippen LogP contribution in [0.4, 0.5) is 5.82 Å². The lowest BCUT2D eigenvalue weighted by molar-refractivity contribution is -0.116. The number of carbonyl (C=O) groups excluding carboxylic acids is 1. The maximum Gasteiger partial charge on any atom is 0.242 e. The van der Waals surface area contributed by atoms with Crippen LogP contribution in [0.2, 0.25) is 0 Å². The zero-order valence-electron chi connectivity index (χ0n) is 16.0. The van der Waals surface area contributed by atoms with E-state index in [0.717, 1.165) is 15.4 Å². The van der Waals surface area contributed by atoms with E-state index in [-0.39, 0.29) is 10.8 Å². The topological polar surface area (TPSA) is 110 Å². The lowest BCUT2D eigenvalue weighted by atomic mass is 10.2. The van der Waals surface area contributed by atoms with Crippen LogP contribution in [-0.2, 0) is 21.4 Å². The molecule has 0 aliphatic rings. The van der Waals surface area contributed by atoms with Gasteiger partial charge in [-0.3, -0.25) is 4.79 Å². The molecule has 0 saturated carbocycles. The van der Waals surface area contributed by atoms with Crippen molar-refractivity contribution in [3.8, 4) is 0 Å². The highest BCUT2D eigenvalue weighted by Gasteiger charge is 2.18. The van der Waals surface area contributed by atoms with Gasteiger partial charge in [-0.15, -0.1) is 5.10 Å². The Bertz CT molecular complexity index is 1090. The average Bonchev–Trinajstić information content (AvgIpc) is 3.06. The number of hydrogen-bond donors (Lipinski definition) is 1. The number of amides is 1. The number of nitrogens with zero attached hydrogens (tertiary/aromatic N) is 5. The number of fused-ring (bicyclic) bond motifs is 1. The second-order valence-electron chi connectivity index (χ2n) is 6.62. The lowest BCUT2D eigenvalue weighted by Gasteiger charge is -2.11. The van der Waals surface area contributed by atoms with Crippen LogP contribution < -0.4 is 5.32 Å². The van der Waals surface area contributed by atoms with Crippen LogP contribution in [-0.4, -0.2) is 52.7 Å². The smallest absolute Gasteiger partial charge is 0.242 e. The Morgan fingerprint density at radius 1 is 1.21 bits per heavy atom. The van der Waals surface area contributed by atoms with Gasteiger partial charge < -0.3 is 5.32 Å². The van der Waals surface area contributed by atoms with Crippen molar-refractivity contribution in [2.45, 2.75) is 31.2 Å². The molecule has 0 radical (unpaired) electrons. The number of benzene rings is 1. The number of pyridine rings is 1. The molecule has 3 rings (SSSR count). The van der Waals surface area contributed by atoms with Crippen LogP contribution in [0.15, 0.2) is 41.4 Å². The number of nitrogens with one attached hydrogen (secondary N) is 1. The Kier molecular flexibility index (Phi) is 5.71. The molecule has 0 unspecified atom stereocenters. The summed E-state index contributed by atoms with van der Waals surface area (Å²) in [5.74, 6) is 0.400. The van der Waals surface area contributed by atoms with Crippen molar-refractivity contribution in [1.29, 1.82) is 0 Å². The van der Waals surface area contributed by atoms with E-state index in [4.69, 9.17) is 0 Å². The number of hydrogen-bond acceptors (Lipinski definition) is 6. The summed E-state index contributed by atoms with van der Waals surface area (Å²) in [6, 6.07) is 8.37. The molecule has 1 N–H and O–H groups in total. The Morgan fingerprint density at radius 2 is 2.00 bits per heavy atom. The van der Waals surface area contributed by atoms with Crippen molar-refractivity contribution in [1.82, 2.24) is 24.3 Å². The maximum atomic E-state index is 12.2. The normalized spacial score (nSPS) is 11.9. The van der Waals surface area contributed by atoms with Crippen molar-refractivity contribution < 1.29 is 13.2 Å². The monoisotopic (exact) mass is 402 g/mol. The van der Waals surface area contributed by atoms with E-state index in [1.54, 1.807) is 23.0 Å². The first-order valence-corrected chi connectivity index (χ1v) is 10.2. The second-order valence-corrected chi connectivity index (χ2v) is 8.77. The highest BCUT2D eigenvalue weighted by molar-refractivity contribution is 7.89. The molecule has 0 bridgehead atoms. The fourth-order valence-corrected chi connectivity index (χ4v) is 3.55. The zero-order chi connectivity index (χ0) is 20.3. The van der Waals surface area contributed by atoms with Gasteiger partial charge in [0.15, 0.2) is 0 Å². The minimum absolute atomic E-state index is 0.125. The number of aryl methyl sites for hydroxylation is 2. The van der Waals surface area contributed by atoms with Crippen LogP contribution in [0, 0.1) is 6.92 Å². The quantitative estimate of drug-likeness (QED) is 0.645. The van der Waals surface area contributed by atoms with Crippen molar-refractivity contribution in [2.75, 3.05) is 19.4 Å². The molecular weight excluding hydrogens is 380 g/mol. The van der Waals surface area contributed by atoms with E-state index in [2.05, 4.69) is 20.6 Å². The molecule has 0 spiro atoms. The summed E-state index contributed by atoms with van der Waals surface area (Å²) in [6.45, 7) is 2.42. The van der Waals surface area contributed by atoms with Crippen LogP contribution in [0.5, 0.6) is 0 Å². The molecule has 1 amide bonds. The minimum Gasteiger partial charge on any atom is -0.311 e. The standard InChI is InChI=1S/C18H22N6O3S/c1-13-6-9-17(19-12-13)20-18(25)5-4-10-24-16-8-7-14(11-15(16)21-22-24)28(26,27)23(2)3/h6-9,11-12H,4-5,10H2,1-3H3,(H,19,20,25). The molecule has 0 aliphatic carbocycles. The fraction of sp³-hybridized carbons (Fsp3) is 0.333.